The highest BCUT2D eigenvalue weighted by Crippen LogP contribution is 2.16. The maximum absolute atomic E-state index is 12.0. The Morgan fingerprint density at radius 1 is 1.32 bits per heavy atom. The summed E-state index contributed by atoms with van der Waals surface area (Å²) in [6.45, 7) is 2.76. The van der Waals surface area contributed by atoms with Crippen molar-refractivity contribution in [2.75, 3.05) is 29.9 Å². The largest absolute Gasteiger partial charge is 0.389 e. The highest BCUT2D eigenvalue weighted by atomic mass is 32.2. The summed E-state index contributed by atoms with van der Waals surface area (Å²) in [5.41, 5.74) is 1.51. The van der Waals surface area contributed by atoms with E-state index in [0.29, 0.717) is 30.3 Å². The van der Waals surface area contributed by atoms with Gasteiger partial charge in [-0.1, -0.05) is 12.1 Å². The van der Waals surface area contributed by atoms with Crippen molar-refractivity contribution in [3.05, 3.63) is 29.8 Å². The molecule has 0 radical (unpaired) electrons. The number of nitrogens with zero attached hydrogens (tertiary/aromatic N) is 1. The van der Waals surface area contributed by atoms with Crippen LogP contribution in [-0.4, -0.2) is 44.8 Å². The summed E-state index contributed by atoms with van der Waals surface area (Å²) in [4.78, 5) is 13.6. The minimum absolute atomic E-state index is 0.165. The number of rotatable bonds is 2. The molecule has 19 heavy (non-hydrogen) atoms. The quantitative estimate of drug-likeness (QED) is 0.860. The van der Waals surface area contributed by atoms with Gasteiger partial charge in [-0.3, -0.25) is 4.21 Å². The molecule has 1 saturated heterocycles. The van der Waals surface area contributed by atoms with Crippen molar-refractivity contribution in [3.63, 3.8) is 0 Å². The maximum atomic E-state index is 12.0. The van der Waals surface area contributed by atoms with Crippen LogP contribution in [0.4, 0.5) is 10.5 Å². The van der Waals surface area contributed by atoms with Crippen LogP contribution in [0, 0.1) is 0 Å². The predicted octanol–water partition coefficient (Wildman–Crippen LogP) is 1.34. The first kappa shape index (κ1) is 14.0. The van der Waals surface area contributed by atoms with Crippen LogP contribution in [0.3, 0.4) is 0 Å². The molecule has 1 atom stereocenters. The third kappa shape index (κ3) is 3.78. The molecule has 2 rings (SSSR count). The molecule has 0 aliphatic carbocycles. The van der Waals surface area contributed by atoms with Crippen molar-refractivity contribution in [1.29, 1.82) is 0 Å². The second kappa shape index (κ2) is 6.16. The monoisotopic (exact) mass is 282 g/mol. The fraction of sp³-hybridized carbons (Fsp3) is 0.462. The van der Waals surface area contributed by atoms with Crippen LogP contribution in [0.25, 0.3) is 0 Å². The van der Waals surface area contributed by atoms with Gasteiger partial charge >= 0.3 is 6.03 Å². The lowest BCUT2D eigenvalue weighted by Gasteiger charge is -2.26. The van der Waals surface area contributed by atoms with E-state index in [9.17, 15) is 14.1 Å². The second-order valence-corrected chi connectivity index (χ2v) is 6.26. The van der Waals surface area contributed by atoms with Crippen LogP contribution < -0.4 is 5.32 Å². The number of hydrogen-bond donors (Lipinski definition) is 2. The number of urea groups is 1. The molecule has 0 aromatic heterocycles. The summed E-state index contributed by atoms with van der Waals surface area (Å²) in [7, 11) is -0.782. The fourth-order valence-corrected chi connectivity index (χ4v) is 2.94. The third-order valence-electron chi connectivity index (χ3n) is 3.11. The first-order chi connectivity index (χ1) is 9.06. The third-order valence-corrected chi connectivity index (χ3v) is 4.39. The van der Waals surface area contributed by atoms with E-state index in [2.05, 4.69) is 5.32 Å². The Kier molecular flexibility index (Phi) is 4.55. The Morgan fingerprint density at radius 2 is 1.89 bits per heavy atom. The molecule has 6 heteroatoms. The maximum Gasteiger partial charge on any atom is 0.321 e. The zero-order valence-electron chi connectivity index (χ0n) is 10.8. The van der Waals surface area contributed by atoms with Gasteiger partial charge in [-0.25, -0.2) is 4.79 Å². The van der Waals surface area contributed by atoms with E-state index in [1.54, 1.807) is 36.1 Å². The summed E-state index contributed by atoms with van der Waals surface area (Å²) in [5, 5.41) is 12.2. The average Bonchev–Trinajstić information content (AvgIpc) is 2.40. The SMILES string of the molecule is CC(O)c1ccc(NC(=O)N2CCS(=O)CC2)cc1. The number of hydrogen-bond acceptors (Lipinski definition) is 3. The summed E-state index contributed by atoms with van der Waals surface area (Å²) >= 11 is 0. The van der Waals surface area contributed by atoms with E-state index in [-0.39, 0.29) is 6.03 Å². The van der Waals surface area contributed by atoms with Crippen molar-refractivity contribution in [2.24, 2.45) is 0 Å². The molecule has 2 amide bonds. The van der Waals surface area contributed by atoms with Crippen molar-refractivity contribution in [3.8, 4) is 0 Å². The lowest BCUT2D eigenvalue weighted by atomic mass is 10.1. The summed E-state index contributed by atoms with van der Waals surface area (Å²) < 4.78 is 11.2. The Bertz CT molecular complexity index is 463. The van der Waals surface area contributed by atoms with Crippen LogP contribution in [-0.2, 0) is 10.8 Å². The summed E-state index contributed by atoms with van der Waals surface area (Å²) in [5.74, 6) is 1.10. The van der Waals surface area contributed by atoms with E-state index in [4.69, 9.17) is 0 Å². The molecule has 0 saturated carbocycles. The van der Waals surface area contributed by atoms with Crippen molar-refractivity contribution >= 4 is 22.5 Å². The van der Waals surface area contributed by atoms with E-state index in [1.807, 2.05) is 0 Å². The van der Waals surface area contributed by atoms with E-state index >= 15 is 0 Å². The van der Waals surface area contributed by atoms with Crippen molar-refractivity contribution in [2.45, 2.75) is 13.0 Å². The zero-order valence-corrected chi connectivity index (χ0v) is 11.7. The van der Waals surface area contributed by atoms with E-state index in [1.165, 1.54) is 0 Å². The number of aliphatic hydroxyl groups excluding tert-OH is 1. The Hall–Kier alpha value is -1.40. The number of benzene rings is 1. The lowest BCUT2D eigenvalue weighted by molar-refractivity contribution is 0.199. The molecule has 5 nitrogen and oxygen atoms in total. The van der Waals surface area contributed by atoms with Crippen LogP contribution in [0.1, 0.15) is 18.6 Å². The van der Waals surface area contributed by atoms with Crippen LogP contribution in [0.2, 0.25) is 0 Å². The van der Waals surface area contributed by atoms with Crippen molar-refractivity contribution < 1.29 is 14.1 Å². The number of amides is 2. The van der Waals surface area contributed by atoms with Gasteiger partial charge < -0.3 is 15.3 Å². The van der Waals surface area contributed by atoms with E-state index in [0.717, 1.165) is 5.56 Å². The van der Waals surface area contributed by atoms with Crippen LogP contribution in [0.15, 0.2) is 24.3 Å². The molecule has 0 spiro atoms. The number of carbonyl (C=O) groups excluding carboxylic acids is 1. The minimum Gasteiger partial charge on any atom is -0.389 e. The molecule has 1 aliphatic heterocycles. The first-order valence-electron chi connectivity index (χ1n) is 6.25. The van der Waals surface area contributed by atoms with Gasteiger partial charge in [0.05, 0.1) is 6.10 Å². The number of aliphatic hydroxyl groups is 1. The first-order valence-corrected chi connectivity index (χ1v) is 7.74. The summed E-state index contributed by atoms with van der Waals surface area (Å²) in [6, 6.07) is 6.93. The Balaban J connectivity index is 1.93. The predicted molar refractivity (Wildman–Crippen MR) is 75.5 cm³/mol. The van der Waals surface area contributed by atoms with Gasteiger partial charge in [-0.2, -0.15) is 0 Å². The van der Waals surface area contributed by atoms with Gasteiger partial charge in [-0.05, 0) is 24.6 Å². The molecule has 1 aromatic rings. The molecule has 0 bridgehead atoms. The molecule has 104 valence electrons. The molecule has 1 aliphatic rings. The molecule has 1 unspecified atom stereocenters. The normalized spacial score (nSPS) is 18.1. The zero-order chi connectivity index (χ0) is 13.8. The van der Waals surface area contributed by atoms with Gasteiger partial charge in [-0.15, -0.1) is 0 Å². The fourth-order valence-electron chi connectivity index (χ4n) is 1.89. The smallest absolute Gasteiger partial charge is 0.321 e. The van der Waals surface area contributed by atoms with Gasteiger partial charge in [0.2, 0.25) is 0 Å². The minimum atomic E-state index is -0.782. The topological polar surface area (TPSA) is 69.6 Å². The Morgan fingerprint density at radius 3 is 2.42 bits per heavy atom. The molecule has 1 aromatic carbocycles. The van der Waals surface area contributed by atoms with Gasteiger partial charge in [0.25, 0.3) is 0 Å². The molecular weight excluding hydrogens is 264 g/mol. The standard InChI is InChI=1S/C13H18N2O3S/c1-10(16)11-2-4-12(5-3-11)14-13(17)15-6-8-19(18)9-7-15/h2-5,10,16H,6-9H2,1H3,(H,14,17). The van der Waals surface area contributed by atoms with Gasteiger partial charge in [0.1, 0.15) is 0 Å². The molecule has 1 heterocycles. The highest BCUT2D eigenvalue weighted by molar-refractivity contribution is 7.85. The molecular formula is C13H18N2O3S. The van der Waals surface area contributed by atoms with E-state index < -0.39 is 16.9 Å². The number of nitrogens with one attached hydrogen (secondary N) is 1. The Labute approximate surface area is 115 Å². The molecule has 2 N–H and O–H groups in total. The molecule has 1 fully saturated rings. The van der Waals surface area contributed by atoms with Gasteiger partial charge in [0.15, 0.2) is 0 Å². The highest BCUT2D eigenvalue weighted by Gasteiger charge is 2.19. The number of carbonyl (C=O) groups is 1. The summed E-state index contributed by atoms with van der Waals surface area (Å²) in [6.07, 6.45) is -0.512. The van der Waals surface area contributed by atoms with Crippen LogP contribution in [0.5, 0.6) is 0 Å². The lowest BCUT2D eigenvalue weighted by Crippen LogP contribution is -2.43. The van der Waals surface area contributed by atoms with Gasteiger partial charge in [0, 0.05) is 41.1 Å². The second-order valence-electron chi connectivity index (χ2n) is 4.56. The van der Waals surface area contributed by atoms with Crippen LogP contribution >= 0.6 is 0 Å². The number of anilines is 1. The average molecular weight is 282 g/mol. The van der Waals surface area contributed by atoms with Crippen molar-refractivity contribution in [1.82, 2.24) is 4.90 Å².